The fourth-order valence-corrected chi connectivity index (χ4v) is 2.42. The Morgan fingerprint density at radius 2 is 2.05 bits per heavy atom. The van der Waals surface area contributed by atoms with Crippen LogP contribution >= 0.6 is 7.82 Å². The van der Waals surface area contributed by atoms with Crippen molar-refractivity contribution >= 4 is 7.82 Å². The van der Waals surface area contributed by atoms with Crippen molar-refractivity contribution < 1.29 is 28.1 Å². The molecule has 114 valence electrons. The van der Waals surface area contributed by atoms with E-state index in [9.17, 15) is 9.46 Å². The lowest BCUT2D eigenvalue weighted by Gasteiger charge is -2.31. The van der Waals surface area contributed by atoms with Crippen LogP contribution in [0.2, 0.25) is 0 Å². The number of phosphoric acid groups is 1. The Kier molecular flexibility index (Phi) is 5.89. The summed E-state index contributed by atoms with van der Waals surface area (Å²) in [5, 5.41) is 0. The van der Waals surface area contributed by atoms with Gasteiger partial charge in [-0.2, -0.15) is 0 Å². The van der Waals surface area contributed by atoms with Gasteiger partial charge in [0.15, 0.2) is 0 Å². The molecule has 2 unspecified atom stereocenters. The maximum Gasteiger partial charge on any atom is 0.266 e. The third kappa shape index (κ3) is 6.61. The molecule has 0 radical (unpaired) electrons. The summed E-state index contributed by atoms with van der Waals surface area (Å²) in [5.41, 5.74) is 1.61. The summed E-state index contributed by atoms with van der Waals surface area (Å²) in [5.74, 6) is 0. The van der Waals surface area contributed by atoms with Gasteiger partial charge in [0.25, 0.3) is 7.82 Å². The first-order chi connectivity index (χ1) is 9.11. The molecule has 0 aromatic heterocycles. The van der Waals surface area contributed by atoms with E-state index in [2.05, 4.69) is 0 Å². The third-order valence-electron chi connectivity index (χ3n) is 2.61. The zero-order chi connectivity index (χ0) is 15.4. The number of phosphoric ester groups is 1. The largest absolute Gasteiger partial charge is 0.756 e. The van der Waals surface area contributed by atoms with Crippen LogP contribution < -0.4 is 4.89 Å². The van der Waals surface area contributed by atoms with E-state index < -0.39 is 13.9 Å². The number of ether oxygens (including phenoxy) is 1. The highest BCUT2D eigenvalue weighted by molar-refractivity contribution is 7.44. The highest BCUT2D eigenvalue weighted by Gasteiger charge is 2.24. The van der Waals surface area contributed by atoms with Crippen LogP contribution in [0.5, 0.6) is 0 Å². The Morgan fingerprint density at radius 1 is 1.40 bits per heavy atom. The molecule has 1 aromatic carbocycles. The van der Waals surface area contributed by atoms with E-state index >= 15 is 0 Å². The van der Waals surface area contributed by atoms with Crippen molar-refractivity contribution in [1.29, 1.82) is 0 Å². The quantitative estimate of drug-likeness (QED) is 0.602. The second-order valence-corrected chi connectivity index (χ2v) is 6.86. The van der Waals surface area contributed by atoms with Gasteiger partial charge in [-0.05, 0) is 11.1 Å². The van der Waals surface area contributed by atoms with Crippen molar-refractivity contribution in [2.75, 3.05) is 34.8 Å². The second kappa shape index (κ2) is 6.80. The molecule has 1 aromatic rings. The van der Waals surface area contributed by atoms with Crippen molar-refractivity contribution in [2.24, 2.45) is 0 Å². The smallest absolute Gasteiger partial charge is 0.266 e. The molecule has 0 aliphatic heterocycles. The Bertz CT molecular complexity index is 480. The van der Waals surface area contributed by atoms with Gasteiger partial charge in [0.2, 0.25) is 0 Å². The van der Waals surface area contributed by atoms with Crippen LogP contribution in [0.4, 0.5) is 0 Å². The average Bonchev–Trinajstić information content (AvgIpc) is 2.25. The van der Waals surface area contributed by atoms with Gasteiger partial charge >= 0.3 is 0 Å². The number of hydrogen-bond donors (Lipinski definition) is 1. The lowest BCUT2D eigenvalue weighted by atomic mass is 10.1. The lowest BCUT2D eigenvalue weighted by Crippen LogP contribution is -2.39. The van der Waals surface area contributed by atoms with Crippen molar-refractivity contribution in [1.82, 2.24) is 0 Å². The van der Waals surface area contributed by atoms with Crippen molar-refractivity contribution in [3.63, 3.8) is 0 Å². The van der Waals surface area contributed by atoms with E-state index in [0.717, 1.165) is 5.56 Å². The minimum absolute atomic E-state index is 0.406. The normalized spacial score (nSPS) is 16.7. The van der Waals surface area contributed by atoms with Gasteiger partial charge < -0.3 is 23.5 Å². The fraction of sp³-hybridized carbons (Fsp3) is 0.538. The molecule has 0 saturated carbocycles. The minimum Gasteiger partial charge on any atom is -0.756 e. The monoisotopic (exact) mass is 303 g/mol. The summed E-state index contributed by atoms with van der Waals surface area (Å²) in [6.45, 7) is 0.836. The van der Waals surface area contributed by atoms with Gasteiger partial charge in [-0.25, -0.2) is 0 Å². The van der Waals surface area contributed by atoms with Gasteiger partial charge in [0.1, 0.15) is 12.6 Å². The maximum atomic E-state index is 11.0. The van der Waals surface area contributed by atoms with Gasteiger partial charge in [-0.1, -0.05) is 24.3 Å². The van der Waals surface area contributed by atoms with E-state index in [1.165, 1.54) is 0 Å². The molecular weight excluding hydrogens is 281 g/mol. The number of methoxy groups -OCH3 is 1. The standard InChI is InChI=1S/C13H22NO5P/c1-14(2,3)9-13(19-20(15,16)17)12-7-5-6-11(8-12)10-18-4/h5-8,13H,9-10H2,1-4H3,(H-,15,16,17). The zero-order valence-electron chi connectivity index (χ0n) is 12.3. The summed E-state index contributed by atoms with van der Waals surface area (Å²) in [4.78, 5) is 20.0. The van der Waals surface area contributed by atoms with Crippen LogP contribution in [0.1, 0.15) is 17.2 Å². The number of likely N-dealkylation sites (N-methyl/N-ethyl adjacent to an activating group) is 1. The molecule has 2 atom stereocenters. The topological polar surface area (TPSA) is 78.8 Å². The molecule has 6 nitrogen and oxygen atoms in total. The number of rotatable bonds is 7. The Morgan fingerprint density at radius 3 is 2.55 bits per heavy atom. The summed E-state index contributed by atoms with van der Waals surface area (Å²) < 4.78 is 21.4. The molecule has 1 N–H and O–H groups in total. The maximum absolute atomic E-state index is 11.0. The Hall–Kier alpha value is -0.750. The van der Waals surface area contributed by atoms with Crippen LogP contribution in [-0.2, 0) is 20.4 Å². The minimum atomic E-state index is -4.80. The SMILES string of the molecule is COCc1cccc(C(C[N+](C)(C)C)OP(=O)([O-])O)c1. The predicted molar refractivity (Wildman–Crippen MR) is 73.7 cm³/mol. The molecular formula is C13H22NO5P. The summed E-state index contributed by atoms with van der Waals surface area (Å²) in [7, 11) is 2.55. The predicted octanol–water partition coefficient (Wildman–Crippen LogP) is 1.06. The lowest BCUT2D eigenvalue weighted by molar-refractivity contribution is -0.874. The van der Waals surface area contributed by atoms with Crippen LogP contribution in [-0.4, -0.2) is 44.2 Å². The molecule has 0 bridgehead atoms. The van der Waals surface area contributed by atoms with Crippen molar-refractivity contribution in [3.8, 4) is 0 Å². The molecule has 0 amide bonds. The summed E-state index contributed by atoms with van der Waals surface area (Å²) in [6, 6.07) is 7.28. The molecule has 20 heavy (non-hydrogen) atoms. The van der Waals surface area contributed by atoms with Crippen LogP contribution in [0.25, 0.3) is 0 Å². The van der Waals surface area contributed by atoms with Crippen LogP contribution in [0.15, 0.2) is 24.3 Å². The molecule has 0 spiro atoms. The van der Waals surface area contributed by atoms with E-state index in [4.69, 9.17) is 14.2 Å². The molecule has 0 saturated heterocycles. The summed E-state index contributed by atoms with van der Waals surface area (Å²) >= 11 is 0. The van der Waals surface area contributed by atoms with E-state index in [0.29, 0.717) is 23.2 Å². The number of quaternary nitrogens is 1. The zero-order valence-corrected chi connectivity index (χ0v) is 13.2. The van der Waals surface area contributed by atoms with Gasteiger partial charge in [0.05, 0.1) is 27.7 Å². The van der Waals surface area contributed by atoms with Gasteiger partial charge in [-0.3, -0.25) is 4.57 Å². The summed E-state index contributed by atoms with van der Waals surface area (Å²) in [6.07, 6.45) is -0.736. The first-order valence-electron chi connectivity index (χ1n) is 6.21. The highest BCUT2D eigenvalue weighted by Crippen LogP contribution is 2.39. The first kappa shape index (κ1) is 17.3. The number of nitrogens with zero attached hydrogens (tertiary/aromatic N) is 1. The Balaban J connectivity index is 3.03. The molecule has 0 fully saturated rings. The average molecular weight is 303 g/mol. The third-order valence-corrected chi connectivity index (χ3v) is 3.13. The van der Waals surface area contributed by atoms with Gasteiger partial charge in [-0.15, -0.1) is 0 Å². The number of benzene rings is 1. The second-order valence-electron chi connectivity index (χ2n) is 5.71. The Labute approximate surface area is 119 Å². The molecule has 0 aliphatic rings. The molecule has 0 aliphatic carbocycles. The molecule has 0 heterocycles. The van der Waals surface area contributed by atoms with Crippen molar-refractivity contribution in [2.45, 2.75) is 12.7 Å². The fourth-order valence-electron chi connectivity index (χ4n) is 1.91. The van der Waals surface area contributed by atoms with E-state index in [1.807, 2.05) is 39.3 Å². The van der Waals surface area contributed by atoms with Crippen LogP contribution in [0.3, 0.4) is 0 Å². The number of hydrogen-bond acceptors (Lipinski definition) is 4. The van der Waals surface area contributed by atoms with E-state index in [1.54, 1.807) is 13.2 Å². The van der Waals surface area contributed by atoms with Crippen molar-refractivity contribution in [3.05, 3.63) is 35.4 Å². The van der Waals surface area contributed by atoms with Crippen LogP contribution in [0, 0.1) is 0 Å². The molecule has 7 heteroatoms. The van der Waals surface area contributed by atoms with Gasteiger partial charge in [0, 0.05) is 7.11 Å². The first-order valence-corrected chi connectivity index (χ1v) is 7.71. The molecule has 1 rings (SSSR count). The highest BCUT2D eigenvalue weighted by atomic mass is 31.2. The van der Waals surface area contributed by atoms with E-state index in [-0.39, 0.29) is 0 Å².